The number of aryl methyl sites for hydroxylation is 2. The van der Waals surface area contributed by atoms with Gasteiger partial charge in [-0.1, -0.05) is 0 Å². The minimum absolute atomic E-state index is 0.504. The van der Waals surface area contributed by atoms with Crippen molar-refractivity contribution in [1.29, 1.82) is 0 Å². The Hall–Kier alpha value is -3.82. The predicted molar refractivity (Wildman–Crippen MR) is 98.9 cm³/mol. The number of ether oxygens (including phenoxy) is 1. The average molecular weight is 376 g/mol. The average Bonchev–Trinajstić information content (AvgIpc) is 3.39. The van der Waals surface area contributed by atoms with Gasteiger partial charge in [0.2, 0.25) is 5.88 Å². The standard InChI is InChI=1S/C18H16N8O2/c1-10-14(23-24-28-10)8-25-11(2)22-17-15(25)6-12(7-19-17)13-4-5-26-16(13)18(27-3)20-9-21-26/h4-7,9H,8H2,1-3H3. The summed E-state index contributed by atoms with van der Waals surface area (Å²) in [5.41, 5.74) is 4.95. The number of rotatable bonds is 4. The molecule has 0 fully saturated rings. The van der Waals surface area contributed by atoms with E-state index >= 15 is 0 Å². The van der Waals surface area contributed by atoms with Crippen molar-refractivity contribution in [3.8, 4) is 17.0 Å². The molecule has 5 aromatic rings. The number of nitrogens with zero attached hydrogens (tertiary/aromatic N) is 8. The first-order chi connectivity index (χ1) is 13.7. The summed E-state index contributed by atoms with van der Waals surface area (Å²) >= 11 is 0. The summed E-state index contributed by atoms with van der Waals surface area (Å²) in [7, 11) is 1.59. The Morgan fingerprint density at radius 1 is 1.21 bits per heavy atom. The summed E-state index contributed by atoms with van der Waals surface area (Å²) in [6, 6.07) is 4.02. The molecule has 0 saturated carbocycles. The van der Waals surface area contributed by atoms with Gasteiger partial charge in [-0.15, -0.1) is 5.10 Å². The van der Waals surface area contributed by atoms with Gasteiger partial charge in [-0.3, -0.25) is 0 Å². The first-order valence-electron chi connectivity index (χ1n) is 8.63. The summed E-state index contributed by atoms with van der Waals surface area (Å²) < 4.78 is 14.3. The molecule has 0 bridgehead atoms. The zero-order chi connectivity index (χ0) is 19.3. The van der Waals surface area contributed by atoms with E-state index in [1.54, 1.807) is 17.8 Å². The molecule has 5 heterocycles. The summed E-state index contributed by atoms with van der Waals surface area (Å²) in [6.45, 7) is 4.29. The molecule has 0 unspecified atom stereocenters. The second-order valence-electron chi connectivity index (χ2n) is 6.38. The molecule has 5 aromatic heterocycles. The van der Waals surface area contributed by atoms with Crippen LogP contribution in [0.3, 0.4) is 0 Å². The van der Waals surface area contributed by atoms with Crippen LogP contribution < -0.4 is 4.74 Å². The van der Waals surface area contributed by atoms with Crippen molar-refractivity contribution in [3.05, 3.63) is 48.1 Å². The van der Waals surface area contributed by atoms with Crippen molar-refractivity contribution in [2.75, 3.05) is 7.11 Å². The van der Waals surface area contributed by atoms with E-state index in [4.69, 9.17) is 9.26 Å². The van der Waals surface area contributed by atoms with E-state index in [1.807, 2.05) is 36.7 Å². The van der Waals surface area contributed by atoms with E-state index < -0.39 is 0 Å². The van der Waals surface area contributed by atoms with E-state index in [9.17, 15) is 0 Å². The van der Waals surface area contributed by atoms with Crippen molar-refractivity contribution >= 4 is 16.7 Å². The third-order valence-electron chi connectivity index (χ3n) is 4.77. The highest BCUT2D eigenvalue weighted by Gasteiger charge is 2.17. The number of aromatic nitrogens is 8. The van der Waals surface area contributed by atoms with Crippen molar-refractivity contribution < 1.29 is 9.26 Å². The Labute approximate surface area is 158 Å². The quantitative estimate of drug-likeness (QED) is 0.469. The molecule has 0 spiro atoms. The van der Waals surface area contributed by atoms with Crippen LogP contribution in [-0.4, -0.2) is 46.6 Å². The fourth-order valence-electron chi connectivity index (χ4n) is 3.32. The van der Waals surface area contributed by atoms with Gasteiger partial charge in [-0.2, -0.15) is 10.1 Å². The molecule has 10 nitrogen and oxygen atoms in total. The Morgan fingerprint density at radius 2 is 2.11 bits per heavy atom. The highest BCUT2D eigenvalue weighted by Crippen LogP contribution is 2.31. The smallest absolute Gasteiger partial charge is 0.241 e. The fourth-order valence-corrected chi connectivity index (χ4v) is 3.32. The SMILES string of the molecule is COc1ncnn2ccc(-c3cnc4nc(C)n(Cc5nnoc5C)c4c3)c12. The first-order valence-corrected chi connectivity index (χ1v) is 8.63. The van der Waals surface area contributed by atoms with Crippen molar-refractivity contribution in [2.45, 2.75) is 20.4 Å². The van der Waals surface area contributed by atoms with Crippen molar-refractivity contribution in [1.82, 2.24) is 39.5 Å². The van der Waals surface area contributed by atoms with Gasteiger partial charge >= 0.3 is 0 Å². The number of methoxy groups -OCH3 is 1. The van der Waals surface area contributed by atoms with Gasteiger partial charge in [-0.05, 0) is 26.0 Å². The van der Waals surface area contributed by atoms with Crippen LogP contribution in [0.15, 0.2) is 35.4 Å². The van der Waals surface area contributed by atoms with Gasteiger partial charge in [0.1, 0.15) is 23.4 Å². The van der Waals surface area contributed by atoms with Crippen LogP contribution in [0, 0.1) is 13.8 Å². The number of imidazole rings is 1. The van der Waals surface area contributed by atoms with Crippen LogP contribution in [0.25, 0.3) is 27.8 Å². The molecule has 0 saturated heterocycles. The monoisotopic (exact) mass is 376 g/mol. The number of fused-ring (bicyclic) bond motifs is 2. The number of pyridine rings is 1. The van der Waals surface area contributed by atoms with E-state index in [2.05, 4.69) is 30.4 Å². The highest BCUT2D eigenvalue weighted by atomic mass is 16.5. The molecule has 0 aliphatic heterocycles. The van der Waals surface area contributed by atoms with Gasteiger partial charge in [-0.25, -0.2) is 14.5 Å². The molecule has 0 aliphatic carbocycles. The second kappa shape index (κ2) is 6.12. The van der Waals surface area contributed by atoms with Gasteiger partial charge in [0.25, 0.3) is 0 Å². The van der Waals surface area contributed by atoms with Crippen LogP contribution in [-0.2, 0) is 6.54 Å². The molecular weight excluding hydrogens is 360 g/mol. The van der Waals surface area contributed by atoms with E-state index in [1.165, 1.54) is 6.33 Å². The lowest BCUT2D eigenvalue weighted by Crippen LogP contribution is -2.04. The molecule has 10 heteroatoms. The lowest BCUT2D eigenvalue weighted by Gasteiger charge is -2.07. The maximum Gasteiger partial charge on any atom is 0.241 e. The molecule has 0 amide bonds. The molecule has 140 valence electrons. The third-order valence-corrected chi connectivity index (χ3v) is 4.77. The van der Waals surface area contributed by atoms with E-state index in [0.29, 0.717) is 23.8 Å². The first kappa shape index (κ1) is 16.4. The van der Waals surface area contributed by atoms with Gasteiger partial charge < -0.3 is 13.8 Å². The molecule has 0 atom stereocenters. The van der Waals surface area contributed by atoms with Crippen molar-refractivity contribution in [2.24, 2.45) is 0 Å². The van der Waals surface area contributed by atoms with Crippen LogP contribution in [0.2, 0.25) is 0 Å². The Balaban J connectivity index is 1.68. The summed E-state index contributed by atoms with van der Waals surface area (Å²) in [5.74, 6) is 2.03. The van der Waals surface area contributed by atoms with Gasteiger partial charge in [0, 0.05) is 28.8 Å². The molecule has 0 N–H and O–H groups in total. The molecule has 0 aliphatic rings. The third kappa shape index (κ3) is 2.42. The topological polar surface area (TPSA) is 109 Å². The Morgan fingerprint density at radius 3 is 2.89 bits per heavy atom. The minimum atomic E-state index is 0.504. The molecule has 0 aromatic carbocycles. The Kier molecular flexibility index (Phi) is 3.57. The predicted octanol–water partition coefficient (Wildman–Crippen LogP) is 2.20. The second-order valence-corrected chi connectivity index (χ2v) is 6.38. The van der Waals surface area contributed by atoms with Crippen LogP contribution >= 0.6 is 0 Å². The maximum absolute atomic E-state index is 5.41. The lowest BCUT2D eigenvalue weighted by atomic mass is 10.1. The van der Waals surface area contributed by atoms with Crippen molar-refractivity contribution in [3.63, 3.8) is 0 Å². The van der Waals surface area contributed by atoms with Crippen LogP contribution in [0.4, 0.5) is 0 Å². The summed E-state index contributed by atoms with van der Waals surface area (Å²) in [5, 5.41) is 11.9. The number of hydrogen-bond donors (Lipinski definition) is 0. The van der Waals surface area contributed by atoms with E-state index in [-0.39, 0.29) is 0 Å². The Bertz CT molecular complexity index is 1320. The molecule has 5 rings (SSSR count). The largest absolute Gasteiger partial charge is 0.479 e. The molecule has 28 heavy (non-hydrogen) atoms. The van der Waals surface area contributed by atoms with Crippen LogP contribution in [0.5, 0.6) is 5.88 Å². The zero-order valence-corrected chi connectivity index (χ0v) is 15.5. The number of hydrogen-bond acceptors (Lipinski definition) is 8. The zero-order valence-electron chi connectivity index (χ0n) is 15.5. The molecular formula is C18H16N8O2. The van der Waals surface area contributed by atoms with Gasteiger partial charge in [0.15, 0.2) is 11.4 Å². The summed E-state index contributed by atoms with van der Waals surface area (Å²) in [4.78, 5) is 13.3. The normalized spacial score (nSPS) is 11.5. The minimum Gasteiger partial charge on any atom is -0.479 e. The van der Waals surface area contributed by atoms with Crippen LogP contribution in [0.1, 0.15) is 17.3 Å². The lowest BCUT2D eigenvalue weighted by molar-refractivity contribution is 0.373. The summed E-state index contributed by atoms with van der Waals surface area (Å²) in [6.07, 6.45) is 5.12. The fraction of sp³-hybridized carbons (Fsp3) is 0.222. The maximum atomic E-state index is 5.41. The highest BCUT2D eigenvalue weighted by molar-refractivity contribution is 5.87. The molecule has 0 radical (unpaired) electrons. The van der Waals surface area contributed by atoms with E-state index in [0.717, 1.165) is 33.7 Å². The van der Waals surface area contributed by atoms with Gasteiger partial charge in [0.05, 0.1) is 19.2 Å².